The Kier molecular flexibility index (Phi) is 6.16. The third-order valence-electron chi connectivity index (χ3n) is 2.48. The molecular formula is C11H19N3O4S. The number of ether oxygens (including phenoxy) is 2. The van der Waals surface area contributed by atoms with E-state index >= 15 is 0 Å². The summed E-state index contributed by atoms with van der Waals surface area (Å²) in [7, 11) is -0.576. The van der Waals surface area contributed by atoms with Gasteiger partial charge < -0.3 is 15.2 Å². The first-order valence-electron chi connectivity index (χ1n) is 5.72. The number of nitrogens with zero attached hydrogens (tertiary/aromatic N) is 2. The molecule has 0 fully saturated rings. The highest BCUT2D eigenvalue weighted by Gasteiger charge is 2.24. The summed E-state index contributed by atoms with van der Waals surface area (Å²) in [6, 6.07) is 2.75. The van der Waals surface area contributed by atoms with E-state index in [-0.39, 0.29) is 23.8 Å². The summed E-state index contributed by atoms with van der Waals surface area (Å²) in [6.45, 7) is 1.13. The van der Waals surface area contributed by atoms with Gasteiger partial charge in [-0.25, -0.2) is 13.4 Å². The van der Waals surface area contributed by atoms with Crippen molar-refractivity contribution < 1.29 is 17.9 Å². The third kappa shape index (κ3) is 4.43. The van der Waals surface area contributed by atoms with Crippen LogP contribution in [0.1, 0.15) is 0 Å². The number of pyridine rings is 1. The average Bonchev–Trinajstić information content (AvgIpc) is 2.38. The first-order valence-corrected chi connectivity index (χ1v) is 7.16. The standard InChI is InChI=1S/C11H19N3O4S/c1-17-7-5-14(6-8-18-2)19(15,16)10-3-4-13-11(12)9-10/h3-4,9H,5-8H2,1-2H3,(H2,12,13). The minimum atomic E-state index is -3.61. The molecule has 0 aromatic carbocycles. The molecule has 2 N–H and O–H groups in total. The van der Waals surface area contributed by atoms with Crippen molar-refractivity contribution >= 4 is 15.8 Å². The smallest absolute Gasteiger partial charge is 0.243 e. The van der Waals surface area contributed by atoms with Gasteiger partial charge in [-0.15, -0.1) is 0 Å². The SMILES string of the molecule is COCCN(CCOC)S(=O)(=O)c1ccnc(N)c1. The minimum Gasteiger partial charge on any atom is -0.384 e. The number of nitrogens with two attached hydrogens (primary N) is 1. The maximum Gasteiger partial charge on any atom is 0.243 e. The number of hydrogen-bond acceptors (Lipinski definition) is 6. The molecule has 0 atom stereocenters. The van der Waals surface area contributed by atoms with Crippen molar-refractivity contribution in [2.24, 2.45) is 0 Å². The van der Waals surface area contributed by atoms with Crippen LogP contribution >= 0.6 is 0 Å². The quantitative estimate of drug-likeness (QED) is 0.721. The molecule has 0 radical (unpaired) electrons. The summed E-state index contributed by atoms with van der Waals surface area (Å²) in [5.74, 6) is 0.166. The van der Waals surface area contributed by atoms with E-state index in [2.05, 4.69) is 4.98 Å². The van der Waals surface area contributed by atoms with Gasteiger partial charge in [-0.05, 0) is 6.07 Å². The lowest BCUT2D eigenvalue weighted by Crippen LogP contribution is -2.36. The first-order chi connectivity index (χ1) is 9.02. The van der Waals surface area contributed by atoms with Gasteiger partial charge in [0.1, 0.15) is 5.82 Å². The van der Waals surface area contributed by atoms with Crippen molar-refractivity contribution in [2.45, 2.75) is 4.90 Å². The molecule has 0 spiro atoms. The average molecular weight is 289 g/mol. The zero-order chi connectivity index (χ0) is 14.3. The Labute approximate surface area is 113 Å². The van der Waals surface area contributed by atoms with Gasteiger partial charge in [0.05, 0.1) is 18.1 Å². The molecule has 1 rings (SSSR count). The summed E-state index contributed by atoms with van der Waals surface area (Å²) < 4.78 is 36.0. The summed E-state index contributed by atoms with van der Waals surface area (Å²) in [5.41, 5.74) is 5.51. The molecule has 7 nitrogen and oxygen atoms in total. The predicted molar refractivity (Wildman–Crippen MR) is 71.2 cm³/mol. The minimum absolute atomic E-state index is 0.118. The van der Waals surface area contributed by atoms with E-state index < -0.39 is 10.0 Å². The van der Waals surface area contributed by atoms with Crippen LogP contribution in [0.25, 0.3) is 0 Å². The van der Waals surface area contributed by atoms with Crippen LogP contribution in [-0.2, 0) is 19.5 Å². The first kappa shape index (κ1) is 15.8. The lowest BCUT2D eigenvalue weighted by Gasteiger charge is -2.21. The van der Waals surface area contributed by atoms with Crippen LogP contribution in [0.5, 0.6) is 0 Å². The summed E-state index contributed by atoms with van der Waals surface area (Å²) in [6.07, 6.45) is 1.37. The second-order valence-electron chi connectivity index (χ2n) is 3.81. The normalized spacial score (nSPS) is 11.9. The summed E-state index contributed by atoms with van der Waals surface area (Å²) >= 11 is 0. The number of nitrogen functional groups attached to an aromatic ring is 1. The molecule has 0 aliphatic rings. The molecule has 0 saturated carbocycles. The van der Waals surface area contributed by atoms with E-state index in [0.717, 1.165) is 0 Å². The maximum absolute atomic E-state index is 12.4. The second-order valence-corrected chi connectivity index (χ2v) is 5.74. The second kappa shape index (κ2) is 7.39. The van der Waals surface area contributed by atoms with Gasteiger partial charge in [0.15, 0.2) is 0 Å². The van der Waals surface area contributed by atoms with E-state index in [0.29, 0.717) is 13.2 Å². The topological polar surface area (TPSA) is 94.8 Å². The van der Waals surface area contributed by atoms with Crippen molar-refractivity contribution in [3.05, 3.63) is 18.3 Å². The molecule has 0 amide bonds. The predicted octanol–water partition coefficient (Wildman–Crippen LogP) is -0.0527. The number of methoxy groups -OCH3 is 2. The Morgan fingerprint density at radius 2 is 1.84 bits per heavy atom. The Balaban J connectivity index is 2.97. The van der Waals surface area contributed by atoms with Crippen LogP contribution in [0.3, 0.4) is 0 Å². The van der Waals surface area contributed by atoms with Gasteiger partial charge in [0.2, 0.25) is 10.0 Å². The highest BCUT2D eigenvalue weighted by molar-refractivity contribution is 7.89. The lowest BCUT2D eigenvalue weighted by molar-refractivity contribution is 0.150. The number of sulfonamides is 1. The van der Waals surface area contributed by atoms with Crippen LogP contribution in [0.4, 0.5) is 5.82 Å². The van der Waals surface area contributed by atoms with Crippen molar-refractivity contribution in [3.63, 3.8) is 0 Å². The van der Waals surface area contributed by atoms with Gasteiger partial charge in [-0.2, -0.15) is 4.31 Å². The molecule has 1 aromatic heterocycles. The van der Waals surface area contributed by atoms with Crippen molar-refractivity contribution in [2.75, 3.05) is 46.3 Å². The molecule has 0 saturated heterocycles. The molecule has 0 bridgehead atoms. The van der Waals surface area contributed by atoms with Gasteiger partial charge >= 0.3 is 0 Å². The zero-order valence-corrected chi connectivity index (χ0v) is 11.9. The lowest BCUT2D eigenvalue weighted by atomic mass is 10.5. The molecule has 0 aliphatic carbocycles. The molecule has 0 aliphatic heterocycles. The highest BCUT2D eigenvalue weighted by atomic mass is 32.2. The Bertz CT molecular complexity index is 484. The number of aromatic nitrogens is 1. The Morgan fingerprint density at radius 1 is 1.26 bits per heavy atom. The van der Waals surface area contributed by atoms with Crippen molar-refractivity contribution in [3.8, 4) is 0 Å². The van der Waals surface area contributed by atoms with Crippen LogP contribution in [0.2, 0.25) is 0 Å². The van der Waals surface area contributed by atoms with Gasteiger partial charge in [0, 0.05) is 39.6 Å². The molecule has 0 unspecified atom stereocenters. The van der Waals surface area contributed by atoms with E-state index in [9.17, 15) is 8.42 Å². The third-order valence-corrected chi connectivity index (χ3v) is 4.37. The molecule has 1 heterocycles. The van der Waals surface area contributed by atoms with Crippen molar-refractivity contribution in [1.82, 2.24) is 9.29 Å². The summed E-state index contributed by atoms with van der Waals surface area (Å²) in [5, 5.41) is 0. The molecule has 1 aromatic rings. The highest BCUT2D eigenvalue weighted by Crippen LogP contribution is 2.16. The van der Waals surface area contributed by atoms with Gasteiger partial charge in [-0.1, -0.05) is 0 Å². The van der Waals surface area contributed by atoms with Crippen LogP contribution in [0, 0.1) is 0 Å². The van der Waals surface area contributed by atoms with Gasteiger partial charge in [-0.3, -0.25) is 0 Å². The van der Waals surface area contributed by atoms with Crippen molar-refractivity contribution in [1.29, 1.82) is 0 Å². The molecular weight excluding hydrogens is 270 g/mol. The zero-order valence-electron chi connectivity index (χ0n) is 11.1. The largest absolute Gasteiger partial charge is 0.384 e. The number of rotatable bonds is 8. The fourth-order valence-electron chi connectivity index (χ4n) is 1.48. The summed E-state index contributed by atoms with van der Waals surface area (Å²) in [4.78, 5) is 3.90. The van der Waals surface area contributed by atoms with Gasteiger partial charge in [0.25, 0.3) is 0 Å². The number of anilines is 1. The fourth-order valence-corrected chi connectivity index (χ4v) is 2.91. The van der Waals surface area contributed by atoms with E-state index in [1.54, 1.807) is 0 Å². The number of hydrogen-bond donors (Lipinski definition) is 1. The fraction of sp³-hybridized carbons (Fsp3) is 0.545. The van der Waals surface area contributed by atoms with Crippen LogP contribution < -0.4 is 5.73 Å². The van der Waals surface area contributed by atoms with Crippen LogP contribution in [-0.4, -0.2) is 58.2 Å². The molecule has 8 heteroatoms. The van der Waals surface area contributed by atoms with E-state index in [1.165, 1.54) is 36.9 Å². The monoisotopic (exact) mass is 289 g/mol. The van der Waals surface area contributed by atoms with E-state index in [4.69, 9.17) is 15.2 Å². The molecule has 108 valence electrons. The Hall–Kier alpha value is -1.22. The van der Waals surface area contributed by atoms with E-state index in [1.807, 2.05) is 0 Å². The van der Waals surface area contributed by atoms with Crippen LogP contribution in [0.15, 0.2) is 23.2 Å². The maximum atomic E-state index is 12.4. The Morgan fingerprint density at radius 3 is 2.32 bits per heavy atom. The molecule has 19 heavy (non-hydrogen) atoms.